The molecule has 0 saturated carbocycles. The Morgan fingerprint density at radius 1 is 0.929 bits per heavy atom. The molecular formula is C22H20BrCl2NO2. The van der Waals surface area contributed by atoms with E-state index in [1.165, 1.54) is 5.56 Å². The van der Waals surface area contributed by atoms with Crippen molar-refractivity contribution in [1.82, 2.24) is 0 Å². The predicted octanol–water partition coefficient (Wildman–Crippen LogP) is 7.26. The molecule has 6 heteroatoms. The number of benzene rings is 3. The van der Waals surface area contributed by atoms with Crippen molar-refractivity contribution >= 4 is 44.8 Å². The lowest BCUT2D eigenvalue weighted by Crippen LogP contribution is -2.03. The third kappa shape index (κ3) is 5.57. The van der Waals surface area contributed by atoms with E-state index in [0.29, 0.717) is 34.7 Å². The maximum Gasteiger partial charge on any atom is 0.162 e. The standard InChI is InChI=1S/C22H20BrCl2NO2/c1-14-3-5-15(6-4-14)13-28-22-11-20(23)16(7-21(22)27-2)12-26-19-9-17(24)8-18(25)10-19/h3-11,26H,12-13H2,1-2H3. The zero-order chi connectivity index (χ0) is 20.1. The minimum Gasteiger partial charge on any atom is -0.493 e. The summed E-state index contributed by atoms with van der Waals surface area (Å²) in [4.78, 5) is 0. The molecule has 0 heterocycles. The highest BCUT2D eigenvalue weighted by Crippen LogP contribution is 2.34. The summed E-state index contributed by atoms with van der Waals surface area (Å²) >= 11 is 15.7. The number of hydrogen-bond acceptors (Lipinski definition) is 3. The first-order valence-electron chi connectivity index (χ1n) is 8.69. The Morgan fingerprint density at radius 2 is 1.61 bits per heavy atom. The summed E-state index contributed by atoms with van der Waals surface area (Å²) in [5, 5.41) is 4.50. The lowest BCUT2D eigenvalue weighted by molar-refractivity contribution is 0.284. The van der Waals surface area contributed by atoms with Gasteiger partial charge in [0, 0.05) is 26.8 Å². The summed E-state index contributed by atoms with van der Waals surface area (Å²) in [5.41, 5.74) is 4.20. The number of rotatable bonds is 7. The lowest BCUT2D eigenvalue weighted by Gasteiger charge is -2.15. The monoisotopic (exact) mass is 479 g/mol. The summed E-state index contributed by atoms with van der Waals surface area (Å²) in [6, 6.07) is 17.5. The fraction of sp³-hybridized carbons (Fsp3) is 0.182. The van der Waals surface area contributed by atoms with Crippen molar-refractivity contribution in [3.8, 4) is 11.5 Å². The number of ether oxygens (including phenoxy) is 2. The molecule has 0 radical (unpaired) electrons. The van der Waals surface area contributed by atoms with E-state index in [-0.39, 0.29) is 0 Å². The van der Waals surface area contributed by atoms with E-state index >= 15 is 0 Å². The van der Waals surface area contributed by atoms with Crippen molar-refractivity contribution in [2.45, 2.75) is 20.1 Å². The van der Waals surface area contributed by atoms with Crippen molar-refractivity contribution in [1.29, 1.82) is 0 Å². The van der Waals surface area contributed by atoms with E-state index in [2.05, 4.69) is 52.4 Å². The highest BCUT2D eigenvalue weighted by Gasteiger charge is 2.11. The maximum absolute atomic E-state index is 6.06. The Morgan fingerprint density at radius 3 is 2.25 bits per heavy atom. The van der Waals surface area contributed by atoms with Crippen LogP contribution in [0.1, 0.15) is 16.7 Å². The Hall–Kier alpha value is -1.88. The number of aryl methyl sites for hydroxylation is 1. The fourth-order valence-corrected chi connectivity index (χ4v) is 3.67. The molecule has 0 aliphatic carbocycles. The van der Waals surface area contributed by atoms with Crippen LogP contribution >= 0.6 is 39.1 Å². The van der Waals surface area contributed by atoms with E-state index in [1.54, 1.807) is 13.2 Å². The highest BCUT2D eigenvalue weighted by atomic mass is 79.9. The zero-order valence-electron chi connectivity index (χ0n) is 15.6. The molecule has 3 rings (SSSR count). The van der Waals surface area contributed by atoms with Crippen LogP contribution in [0.3, 0.4) is 0 Å². The second kappa shape index (κ2) is 9.55. The minimum absolute atomic E-state index is 0.474. The van der Waals surface area contributed by atoms with E-state index in [9.17, 15) is 0 Å². The van der Waals surface area contributed by atoms with Crippen LogP contribution in [0.25, 0.3) is 0 Å². The van der Waals surface area contributed by atoms with Gasteiger partial charge in [0.05, 0.1) is 7.11 Å². The number of anilines is 1. The number of methoxy groups -OCH3 is 1. The van der Waals surface area contributed by atoms with Crippen LogP contribution in [0.2, 0.25) is 10.0 Å². The maximum atomic E-state index is 6.06. The van der Waals surface area contributed by atoms with E-state index in [0.717, 1.165) is 21.3 Å². The van der Waals surface area contributed by atoms with Crippen molar-refractivity contribution in [2.24, 2.45) is 0 Å². The topological polar surface area (TPSA) is 30.5 Å². The molecule has 28 heavy (non-hydrogen) atoms. The SMILES string of the molecule is COc1cc(CNc2cc(Cl)cc(Cl)c2)c(Br)cc1OCc1ccc(C)cc1. The molecule has 0 unspecified atom stereocenters. The molecule has 0 amide bonds. The van der Waals surface area contributed by atoms with E-state index in [4.69, 9.17) is 32.7 Å². The third-order valence-electron chi connectivity index (χ3n) is 4.19. The zero-order valence-corrected chi connectivity index (χ0v) is 18.7. The first-order chi connectivity index (χ1) is 13.4. The molecule has 0 aliphatic heterocycles. The van der Waals surface area contributed by atoms with E-state index in [1.807, 2.05) is 24.3 Å². The summed E-state index contributed by atoms with van der Waals surface area (Å²) in [6.07, 6.45) is 0. The number of halogens is 3. The Bertz CT molecular complexity index is 941. The van der Waals surface area contributed by atoms with Gasteiger partial charge in [-0.3, -0.25) is 0 Å². The first kappa shape index (κ1) is 20.8. The normalized spacial score (nSPS) is 10.6. The van der Waals surface area contributed by atoms with Gasteiger partial charge in [-0.15, -0.1) is 0 Å². The van der Waals surface area contributed by atoms with Crippen LogP contribution in [0.15, 0.2) is 59.1 Å². The molecule has 0 saturated heterocycles. The van der Waals surface area contributed by atoms with Crippen LogP contribution in [-0.4, -0.2) is 7.11 Å². The Labute approximate surface area is 183 Å². The number of nitrogens with one attached hydrogen (secondary N) is 1. The second-order valence-electron chi connectivity index (χ2n) is 6.38. The van der Waals surface area contributed by atoms with Gasteiger partial charge in [0.1, 0.15) is 6.61 Å². The van der Waals surface area contributed by atoms with E-state index < -0.39 is 0 Å². The number of hydrogen-bond donors (Lipinski definition) is 1. The molecule has 0 spiro atoms. The largest absolute Gasteiger partial charge is 0.493 e. The summed E-state index contributed by atoms with van der Waals surface area (Å²) in [6.45, 7) is 3.11. The highest BCUT2D eigenvalue weighted by molar-refractivity contribution is 9.10. The summed E-state index contributed by atoms with van der Waals surface area (Å²) in [7, 11) is 1.63. The van der Waals surface area contributed by atoms with Crippen LogP contribution in [0.5, 0.6) is 11.5 Å². The molecule has 1 N–H and O–H groups in total. The van der Waals surface area contributed by atoms with Gasteiger partial charge in [0.25, 0.3) is 0 Å². The van der Waals surface area contributed by atoms with Crippen molar-refractivity contribution in [2.75, 3.05) is 12.4 Å². The second-order valence-corrected chi connectivity index (χ2v) is 8.11. The van der Waals surface area contributed by atoms with Gasteiger partial charge in [-0.1, -0.05) is 69.0 Å². The molecule has 3 aromatic rings. The van der Waals surface area contributed by atoms with Crippen LogP contribution in [0.4, 0.5) is 5.69 Å². The average Bonchev–Trinajstić information content (AvgIpc) is 2.66. The summed E-state index contributed by atoms with van der Waals surface area (Å²) in [5.74, 6) is 1.36. The average molecular weight is 481 g/mol. The molecule has 3 nitrogen and oxygen atoms in total. The van der Waals surface area contributed by atoms with Gasteiger partial charge in [-0.2, -0.15) is 0 Å². The van der Waals surface area contributed by atoms with Crippen LogP contribution in [0, 0.1) is 6.92 Å². The summed E-state index contributed by atoms with van der Waals surface area (Å²) < 4.78 is 12.4. The Balaban J connectivity index is 1.72. The minimum atomic E-state index is 0.474. The molecule has 146 valence electrons. The Kier molecular flexibility index (Phi) is 7.11. The predicted molar refractivity (Wildman–Crippen MR) is 120 cm³/mol. The van der Waals surface area contributed by atoms with Gasteiger partial charge in [0.15, 0.2) is 11.5 Å². The van der Waals surface area contributed by atoms with Gasteiger partial charge < -0.3 is 14.8 Å². The smallest absolute Gasteiger partial charge is 0.162 e. The van der Waals surface area contributed by atoms with Crippen molar-refractivity contribution in [3.05, 3.63) is 85.8 Å². The molecule has 0 aromatic heterocycles. The molecule has 0 bridgehead atoms. The lowest BCUT2D eigenvalue weighted by atomic mass is 10.1. The van der Waals surface area contributed by atoms with Crippen molar-refractivity contribution < 1.29 is 9.47 Å². The molecule has 3 aromatic carbocycles. The van der Waals surface area contributed by atoms with Crippen LogP contribution in [-0.2, 0) is 13.2 Å². The molecule has 0 fully saturated rings. The van der Waals surface area contributed by atoms with Crippen LogP contribution < -0.4 is 14.8 Å². The van der Waals surface area contributed by atoms with Gasteiger partial charge >= 0.3 is 0 Å². The molecule has 0 atom stereocenters. The van der Waals surface area contributed by atoms with Gasteiger partial charge in [-0.25, -0.2) is 0 Å². The van der Waals surface area contributed by atoms with Gasteiger partial charge in [-0.05, 0) is 48.4 Å². The van der Waals surface area contributed by atoms with Crippen molar-refractivity contribution in [3.63, 3.8) is 0 Å². The first-order valence-corrected chi connectivity index (χ1v) is 10.2. The quantitative estimate of drug-likeness (QED) is 0.385. The van der Waals surface area contributed by atoms with Gasteiger partial charge in [0.2, 0.25) is 0 Å². The third-order valence-corrected chi connectivity index (χ3v) is 5.37. The molecular weight excluding hydrogens is 461 g/mol. The molecule has 0 aliphatic rings. The fourth-order valence-electron chi connectivity index (χ4n) is 2.68.